The SMILES string of the molecule is CC(=NCCCP(C(C)C)C(C)C)C(C)=NCCCP(C(C)C)C(C)C. The van der Waals surface area contributed by atoms with E-state index in [9.17, 15) is 0 Å². The van der Waals surface area contributed by atoms with Crippen molar-refractivity contribution in [1.29, 1.82) is 0 Å². The maximum Gasteiger partial charge on any atom is 0.0524 e. The van der Waals surface area contributed by atoms with E-state index in [0.29, 0.717) is 0 Å². The van der Waals surface area contributed by atoms with E-state index in [4.69, 9.17) is 9.98 Å². The average molecular weight is 401 g/mol. The van der Waals surface area contributed by atoms with Crippen LogP contribution in [-0.2, 0) is 0 Å². The summed E-state index contributed by atoms with van der Waals surface area (Å²) in [5.74, 6) is 0. The van der Waals surface area contributed by atoms with E-state index < -0.39 is 0 Å². The highest BCUT2D eigenvalue weighted by atomic mass is 31.1. The Morgan fingerprint density at radius 3 is 1.08 bits per heavy atom. The lowest BCUT2D eigenvalue weighted by molar-refractivity contribution is 0.904. The van der Waals surface area contributed by atoms with E-state index in [1.807, 2.05) is 0 Å². The molecule has 0 heterocycles. The van der Waals surface area contributed by atoms with Gasteiger partial charge in [0, 0.05) is 13.1 Å². The highest BCUT2D eigenvalue weighted by Crippen LogP contribution is 2.46. The fourth-order valence-corrected chi connectivity index (χ4v) is 8.92. The number of hydrogen-bond acceptors (Lipinski definition) is 2. The van der Waals surface area contributed by atoms with Gasteiger partial charge in [0.15, 0.2) is 0 Å². The second kappa shape index (κ2) is 14.2. The number of hydrogen-bond donors (Lipinski definition) is 0. The zero-order valence-corrected chi connectivity index (χ0v) is 21.1. The van der Waals surface area contributed by atoms with E-state index in [2.05, 4.69) is 69.2 Å². The van der Waals surface area contributed by atoms with Crippen LogP contribution >= 0.6 is 15.8 Å². The van der Waals surface area contributed by atoms with Crippen LogP contribution in [0.3, 0.4) is 0 Å². The first-order valence-corrected chi connectivity index (χ1v) is 13.9. The molecule has 0 unspecified atom stereocenters. The lowest BCUT2D eigenvalue weighted by atomic mass is 10.3. The Morgan fingerprint density at radius 2 is 0.846 bits per heavy atom. The van der Waals surface area contributed by atoms with Gasteiger partial charge >= 0.3 is 0 Å². The molecule has 154 valence electrons. The topological polar surface area (TPSA) is 24.7 Å². The molecule has 0 fully saturated rings. The third-order valence-corrected chi connectivity index (χ3v) is 12.0. The monoisotopic (exact) mass is 400 g/mol. The quantitative estimate of drug-likeness (QED) is 0.176. The summed E-state index contributed by atoms with van der Waals surface area (Å²) in [6.45, 7) is 25.2. The zero-order chi connectivity index (χ0) is 20.3. The predicted molar refractivity (Wildman–Crippen MR) is 129 cm³/mol. The first kappa shape index (κ1) is 26.2. The van der Waals surface area contributed by atoms with Crippen molar-refractivity contribution in [2.24, 2.45) is 9.98 Å². The van der Waals surface area contributed by atoms with Crippen molar-refractivity contribution < 1.29 is 0 Å². The second-order valence-electron chi connectivity index (χ2n) is 8.49. The largest absolute Gasteiger partial charge is 0.288 e. The minimum Gasteiger partial charge on any atom is -0.288 e. The summed E-state index contributed by atoms with van der Waals surface area (Å²) >= 11 is 0. The Hall–Kier alpha value is 0.200. The van der Waals surface area contributed by atoms with E-state index in [1.165, 1.54) is 25.2 Å². The smallest absolute Gasteiger partial charge is 0.0524 e. The molecular formula is C22H46N2P2. The van der Waals surface area contributed by atoms with Gasteiger partial charge in [-0.25, -0.2) is 0 Å². The summed E-state index contributed by atoms with van der Waals surface area (Å²) in [7, 11) is 0.297. The Labute approximate surface area is 167 Å². The molecule has 0 N–H and O–H groups in total. The van der Waals surface area contributed by atoms with Gasteiger partial charge in [-0.15, -0.1) is 15.8 Å². The van der Waals surface area contributed by atoms with Crippen LogP contribution in [0.1, 0.15) is 82.1 Å². The van der Waals surface area contributed by atoms with Crippen molar-refractivity contribution in [1.82, 2.24) is 0 Å². The van der Waals surface area contributed by atoms with Crippen LogP contribution in [0.4, 0.5) is 0 Å². The summed E-state index contributed by atoms with van der Waals surface area (Å²) in [4.78, 5) is 9.57. The van der Waals surface area contributed by atoms with Crippen LogP contribution in [-0.4, -0.2) is 59.5 Å². The normalized spacial score (nSPS) is 14.2. The summed E-state index contributed by atoms with van der Waals surface area (Å²) in [6.07, 6.45) is 5.15. The van der Waals surface area contributed by atoms with E-state index in [0.717, 1.165) is 47.1 Å². The average Bonchev–Trinajstić information content (AvgIpc) is 2.52. The predicted octanol–water partition coefficient (Wildman–Crippen LogP) is 7.29. The standard InChI is InChI=1S/C22H46N2P2/c1-17(2)25(18(3)4)15-11-13-23-21(9)22(10)24-14-12-16-26(19(5)6)20(7)8/h17-20H,11-16H2,1-10H3. The zero-order valence-electron chi connectivity index (χ0n) is 19.3. The minimum absolute atomic E-state index is 0.148. The van der Waals surface area contributed by atoms with Crippen molar-refractivity contribution in [3.63, 3.8) is 0 Å². The third-order valence-electron chi connectivity index (χ3n) is 5.02. The fraction of sp³-hybridized carbons (Fsp3) is 0.909. The summed E-state index contributed by atoms with van der Waals surface area (Å²) < 4.78 is 0. The molecule has 0 saturated heterocycles. The fourth-order valence-electron chi connectivity index (χ4n) is 3.45. The molecule has 0 spiro atoms. The van der Waals surface area contributed by atoms with Gasteiger partial charge in [0.1, 0.15) is 0 Å². The molecule has 0 aliphatic heterocycles. The number of rotatable bonds is 13. The van der Waals surface area contributed by atoms with Crippen molar-refractivity contribution >= 4 is 27.3 Å². The molecule has 0 aromatic heterocycles. The molecule has 0 rings (SSSR count). The summed E-state index contributed by atoms with van der Waals surface area (Å²) in [5.41, 5.74) is 5.61. The Morgan fingerprint density at radius 1 is 0.577 bits per heavy atom. The van der Waals surface area contributed by atoms with Crippen LogP contribution in [0.2, 0.25) is 0 Å². The van der Waals surface area contributed by atoms with Gasteiger partial charge in [-0.05, 0) is 61.6 Å². The van der Waals surface area contributed by atoms with Crippen LogP contribution in [0.15, 0.2) is 9.98 Å². The summed E-state index contributed by atoms with van der Waals surface area (Å²) in [6, 6.07) is 0. The molecule has 2 nitrogen and oxygen atoms in total. The van der Waals surface area contributed by atoms with Crippen molar-refractivity contribution in [2.75, 3.05) is 25.4 Å². The molecule has 0 atom stereocenters. The molecule has 0 aliphatic carbocycles. The Kier molecular flexibility index (Phi) is 14.3. The highest BCUT2D eigenvalue weighted by Gasteiger charge is 2.16. The molecule has 0 aromatic rings. The van der Waals surface area contributed by atoms with Gasteiger partial charge < -0.3 is 0 Å². The molecule has 0 radical (unpaired) electrons. The minimum atomic E-state index is 0.148. The molecule has 0 aliphatic rings. The van der Waals surface area contributed by atoms with Gasteiger partial charge in [-0.2, -0.15) is 0 Å². The molecule has 26 heavy (non-hydrogen) atoms. The molecule has 0 aromatic carbocycles. The molecule has 0 bridgehead atoms. The molecule has 4 heteroatoms. The van der Waals surface area contributed by atoms with Gasteiger partial charge in [0.05, 0.1) is 11.4 Å². The Bertz CT molecular complexity index is 370. The van der Waals surface area contributed by atoms with Crippen LogP contribution in [0, 0.1) is 0 Å². The Balaban J connectivity index is 4.29. The lowest BCUT2D eigenvalue weighted by Crippen LogP contribution is -2.10. The maximum atomic E-state index is 4.79. The van der Waals surface area contributed by atoms with E-state index >= 15 is 0 Å². The van der Waals surface area contributed by atoms with Crippen LogP contribution in [0.5, 0.6) is 0 Å². The van der Waals surface area contributed by atoms with Crippen LogP contribution < -0.4 is 0 Å². The molecular weight excluding hydrogens is 354 g/mol. The maximum absolute atomic E-state index is 4.79. The van der Waals surface area contributed by atoms with Gasteiger partial charge in [-0.1, -0.05) is 55.4 Å². The molecule has 0 amide bonds. The van der Waals surface area contributed by atoms with Gasteiger partial charge in [0.2, 0.25) is 0 Å². The van der Waals surface area contributed by atoms with E-state index in [1.54, 1.807) is 0 Å². The van der Waals surface area contributed by atoms with Gasteiger partial charge in [-0.3, -0.25) is 9.98 Å². The van der Waals surface area contributed by atoms with Crippen LogP contribution in [0.25, 0.3) is 0 Å². The molecule has 0 saturated carbocycles. The first-order chi connectivity index (χ1) is 12.1. The third kappa shape index (κ3) is 11.1. The van der Waals surface area contributed by atoms with Crippen molar-refractivity contribution in [2.45, 2.75) is 105 Å². The van der Waals surface area contributed by atoms with Gasteiger partial charge in [0.25, 0.3) is 0 Å². The number of aliphatic imine (C=N–C) groups is 2. The summed E-state index contributed by atoms with van der Waals surface area (Å²) in [5, 5.41) is 0. The number of nitrogens with zero attached hydrogens (tertiary/aromatic N) is 2. The van der Waals surface area contributed by atoms with E-state index in [-0.39, 0.29) is 15.8 Å². The second-order valence-corrected chi connectivity index (χ2v) is 15.6. The van der Waals surface area contributed by atoms with Crippen molar-refractivity contribution in [3.8, 4) is 0 Å². The lowest BCUT2D eigenvalue weighted by Gasteiger charge is -2.25. The van der Waals surface area contributed by atoms with Crippen molar-refractivity contribution in [3.05, 3.63) is 0 Å². The first-order valence-electron chi connectivity index (χ1n) is 10.6. The highest BCUT2D eigenvalue weighted by molar-refractivity contribution is 7.59.